The average Bonchev–Trinajstić information content (AvgIpc) is 3.86. The van der Waals surface area contributed by atoms with Crippen LogP contribution in [0, 0.1) is 0 Å². The van der Waals surface area contributed by atoms with Crippen molar-refractivity contribution in [2.75, 3.05) is 0 Å². The second-order valence-corrected chi connectivity index (χ2v) is 21.7. The highest BCUT2D eigenvalue weighted by molar-refractivity contribution is 8.74. The lowest BCUT2D eigenvalue weighted by Gasteiger charge is -2.77. The minimum atomic E-state index is -4.47. The molecule has 8 heteroatoms. The van der Waals surface area contributed by atoms with Crippen LogP contribution in [0.15, 0.2) is 196 Å². The molecule has 4 aromatic heterocycles. The van der Waals surface area contributed by atoms with E-state index in [0.29, 0.717) is 0 Å². The fourth-order valence-electron chi connectivity index (χ4n) is 8.09. The van der Waals surface area contributed by atoms with E-state index >= 15 is 0 Å². The number of rotatable bonds is 4. The number of thioether (sulfide) groups is 3. The molecule has 0 aliphatic carbocycles. The summed E-state index contributed by atoms with van der Waals surface area (Å²) >= 11 is 5.51. The van der Waals surface area contributed by atoms with Crippen molar-refractivity contribution in [1.82, 2.24) is 19.9 Å². The summed E-state index contributed by atoms with van der Waals surface area (Å²) in [4.78, 5) is 23.0. The van der Waals surface area contributed by atoms with Crippen molar-refractivity contribution in [2.45, 2.75) is 19.6 Å². The summed E-state index contributed by atoms with van der Waals surface area (Å²) in [5.41, 5.74) is 0. The van der Waals surface area contributed by atoms with Gasteiger partial charge in [-0.3, -0.25) is 19.9 Å². The van der Waals surface area contributed by atoms with Gasteiger partial charge in [-0.05, 0) is 136 Å². The fourth-order valence-corrected chi connectivity index (χ4v) is 22.8. The van der Waals surface area contributed by atoms with Crippen LogP contribution in [-0.2, 0) is 0 Å². The SMILES string of the molecule is C1=CSC(=C2SC=CS2(c2ccc3cnccc3c2)(c2ccc3cnccc3c2)(c2ccc3cnccc3c2)c2ccc3cnccc3c2)S1. The van der Waals surface area contributed by atoms with Gasteiger partial charge >= 0.3 is 0 Å². The van der Waals surface area contributed by atoms with Crippen LogP contribution in [0.2, 0.25) is 0 Å². The van der Waals surface area contributed by atoms with Crippen molar-refractivity contribution >= 4 is 86.7 Å². The molecule has 8 aromatic rings. The Morgan fingerprint density at radius 2 is 0.720 bits per heavy atom. The molecule has 0 N–H and O–H groups in total. The van der Waals surface area contributed by atoms with E-state index in [1.807, 2.05) is 84.9 Å². The van der Waals surface area contributed by atoms with Gasteiger partial charge in [0, 0.05) is 71.1 Å². The van der Waals surface area contributed by atoms with E-state index in [-0.39, 0.29) is 0 Å². The first kappa shape index (κ1) is 30.0. The van der Waals surface area contributed by atoms with Crippen LogP contribution < -0.4 is 0 Å². The average molecular weight is 717 g/mol. The first-order valence-corrected chi connectivity index (χ1v) is 21.3. The molecular weight excluding hydrogens is 689 g/mol. The Labute approximate surface area is 301 Å². The Morgan fingerprint density at radius 3 is 1.08 bits per heavy atom. The Morgan fingerprint density at radius 1 is 0.360 bits per heavy atom. The highest BCUT2D eigenvalue weighted by Gasteiger charge is 2.70. The number of pyridine rings is 4. The normalized spacial score (nSPS) is 18.7. The molecule has 4 aromatic carbocycles. The predicted molar refractivity (Wildman–Crippen MR) is 216 cm³/mol. The number of aromatic nitrogens is 4. The first-order valence-electron chi connectivity index (χ1n) is 16.2. The molecule has 0 fully saturated rings. The van der Waals surface area contributed by atoms with Crippen LogP contribution in [0.25, 0.3) is 43.1 Å². The van der Waals surface area contributed by atoms with Gasteiger partial charge in [0.05, 0.1) is 8.47 Å². The lowest BCUT2D eigenvalue weighted by atomic mass is 10.2. The van der Waals surface area contributed by atoms with Crippen molar-refractivity contribution in [1.29, 1.82) is 0 Å². The Kier molecular flexibility index (Phi) is 6.49. The molecule has 0 saturated heterocycles. The number of nitrogens with zero attached hydrogens (tertiary/aromatic N) is 4. The standard InChI is InChI=1S/C42H28N4S4/c1-5-37(21-29-9-13-43-25-33(1)29)50(20-19-49-42(50)41-47-17-18-48-41,38-6-2-34-26-44-14-10-30(34)22-38,39-7-3-35-27-45-15-11-31(35)23-39)40-8-4-36-28-46-16-12-32(36)24-40/h1-28H. The van der Waals surface area contributed by atoms with Gasteiger partial charge in [0.2, 0.25) is 0 Å². The summed E-state index contributed by atoms with van der Waals surface area (Å²) in [5, 5.41) is 18.5. The number of hydrogen-bond donors (Lipinski definition) is 0. The summed E-state index contributed by atoms with van der Waals surface area (Å²) in [7, 11) is -4.47. The van der Waals surface area contributed by atoms with Crippen molar-refractivity contribution in [2.24, 2.45) is 0 Å². The van der Waals surface area contributed by atoms with Crippen molar-refractivity contribution in [3.8, 4) is 0 Å². The quantitative estimate of drug-likeness (QED) is 0.180. The van der Waals surface area contributed by atoms with E-state index in [9.17, 15) is 0 Å². The van der Waals surface area contributed by atoms with Gasteiger partial charge in [0.15, 0.2) is 0 Å². The summed E-state index contributed by atoms with van der Waals surface area (Å²) in [6.45, 7) is 0. The monoisotopic (exact) mass is 716 g/mol. The van der Waals surface area contributed by atoms with Gasteiger partial charge in [-0.25, -0.2) is 0 Å². The molecule has 0 saturated carbocycles. The molecule has 50 heavy (non-hydrogen) atoms. The molecule has 0 amide bonds. The summed E-state index contributed by atoms with van der Waals surface area (Å²) in [5.74, 6) is 0. The lowest BCUT2D eigenvalue weighted by Crippen LogP contribution is -2.36. The third kappa shape index (κ3) is 3.64. The van der Waals surface area contributed by atoms with Gasteiger partial charge in [-0.2, -0.15) is 0 Å². The Bertz CT molecular complexity index is 2480. The van der Waals surface area contributed by atoms with Gasteiger partial charge in [0.1, 0.15) is 0 Å². The van der Waals surface area contributed by atoms with Gasteiger partial charge in [0.25, 0.3) is 0 Å². The molecule has 0 spiro atoms. The van der Waals surface area contributed by atoms with E-state index in [4.69, 9.17) is 0 Å². The minimum absolute atomic E-state index is 1.11. The summed E-state index contributed by atoms with van der Waals surface area (Å²) < 4.78 is 2.63. The molecule has 0 unspecified atom stereocenters. The highest BCUT2D eigenvalue weighted by atomic mass is 32.4. The van der Waals surface area contributed by atoms with E-state index in [0.717, 1.165) is 43.1 Å². The zero-order valence-electron chi connectivity index (χ0n) is 26.6. The summed E-state index contributed by atoms with van der Waals surface area (Å²) in [6.07, 6.45) is 15.5. The Hall–Kier alpha value is -4.86. The van der Waals surface area contributed by atoms with Crippen LogP contribution in [0.5, 0.6) is 0 Å². The molecule has 0 atom stereocenters. The van der Waals surface area contributed by atoms with E-state index in [2.05, 4.69) is 139 Å². The van der Waals surface area contributed by atoms with Gasteiger partial charge in [-0.1, -0.05) is 59.6 Å². The minimum Gasteiger partial charge on any atom is -0.264 e. The maximum atomic E-state index is 4.50. The topological polar surface area (TPSA) is 51.6 Å². The van der Waals surface area contributed by atoms with E-state index < -0.39 is 8.29 Å². The third-order valence-electron chi connectivity index (χ3n) is 10.5. The molecule has 240 valence electrons. The molecule has 4 nitrogen and oxygen atoms in total. The molecular formula is C42H28N4S4. The zero-order valence-corrected chi connectivity index (χ0v) is 29.9. The van der Waals surface area contributed by atoms with Crippen LogP contribution >= 0.6 is 43.6 Å². The molecule has 0 radical (unpaired) electrons. The van der Waals surface area contributed by atoms with Crippen LogP contribution in [0.3, 0.4) is 0 Å². The Balaban J connectivity index is 1.57. The molecule has 6 heterocycles. The maximum Gasteiger partial charge on any atom is 0.0677 e. The smallest absolute Gasteiger partial charge is 0.0677 e. The van der Waals surface area contributed by atoms with Crippen molar-refractivity contribution in [3.63, 3.8) is 0 Å². The number of hydrogen-bond acceptors (Lipinski definition) is 7. The van der Waals surface area contributed by atoms with E-state index in [1.54, 1.807) is 0 Å². The maximum absolute atomic E-state index is 4.50. The van der Waals surface area contributed by atoms with Crippen LogP contribution in [-0.4, -0.2) is 19.9 Å². The highest BCUT2D eigenvalue weighted by Crippen LogP contribution is 3.14. The summed E-state index contributed by atoms with van der Waals surface area (Å²) in [6, 6.07) is 36.9. The predicted octanol–water partition coefficient (Wildman–Crippen LogP) is 12.6. The van der Waals surface area contributed by atoms with Crippen molar-refractivity contribution in [3.05, 3.63) is 177 Å². The molecule has 10 rings (SSSR count). The molecule has 0 bridgehead atoms. The fraction of sp³-hybridized carbons (Fsp3) is 0. The van der Waals surface area contributed by atoms with Crippen LogP contribution in [0.1, 0.15) is 0 Å². The second-order valence-electron chi connectivity index (χ2n) is 12.6. The van der Waals surface area contributed by atoms with E-state index in [1.165, 1.54) is 28.1 Å². The number of benzene rings is 4. The first-order chi connectivity index (χ1) is 24.7. The van der Waals surface area contributed by atoms with Gasteiger partial charge < -0.3 is 0 Å². The second kappa shape index (κ2) is 10.8. The molecule has 2 aliphatic rings. The lowest BCUT2D eigenvalue weighted by molar-refractivity contribution is 1.19. The van der Waals surface area contributed by atoms with Gasteiger partial charge in [-0.15, -0.1) is 8.29 Å². The largest absolute Gasteiger partial charge is 0.264 e. The third-order valence-corrected chi connectivity index (χ3v) is 23.4. The van der Waals surface area contributed by atoms with Crippen molar-refractivity contribution < 1.29 is 0 Å². The zero-order chi connectivity index (χ0) is 33.2. The molecule has 2 aliphatic heterocycles. The van der Waals surface area contributed by atoms with Crippen LogP contribution in [0.4, 0.5) is 0 Å². The number of fused-ring (bicyclic) bond motifs is 4.